The van der Waals surface area contributed by atoms with Gasteiger partial charge in [0.25, 0.3) is 0 Å². The van der Waals surface area contributed by atoms with Gasteiger partial charge in [-0.05, 0) is 65.1 Å². The minimum atomic E-state index is -2.39. The molecule has 42 heavy (non-hydrogen) atoms. The molecule has 0 aliphatic carbocycles. The van der Waals surface area contributed by atoms with Gasteiger partial charge in [-0.3, -0.25) is 0 Å². The van der Waals surface area contributed by atoms with Crippen LogP contribution in [0.4, 0.5) is 5.69 Å². The van der Waals surface area contributed by atoms with Crippen molar-refractivity contribution in [3.05, 3.63) is 74.6 Å². The largest absolute Gasteiger partial charge is 0.459 e. The first kappa shape index (κ1) is 30.0. The average Bonchev–Trinajstić information content (AvgIpc) is 3.24. The number of ether oxygens (including phenoxy) is 2. The number of piperidine rings is 1. The number of carbonyl (C=O) groups is 1. The molecule has 3 fully saturated rings. The third kappa shape index (κ3) is 5.20. The number of nitrogens with zero attached hydrogens (tertiary/aromatic N) is 1. The number of likely N-dealkylation sites (N-methyl/N-ethyl adjacent to an activating group) is 1. The number of nitrogens with two attached hydrogens (primary N) is 1. The molecule has 226 valence electrons. The zero-order chi connectivity index (χ0) is 29.9. The predicted molar refractivity (Wildman–Crippen MR) is 173 cm³/mol. The molecule has 3 saturated heterocycles. The Morgan fingerprint density at radius 1 is 1.00 bits per heavy atom. The van der Waals surface area contributed by atoms with Crippen LogP contribution in [0, 0.1) is 0 Å². The molecule has 3 aromatic rings. The molecule has 3 aliphatic heterocycles. The Hall–Kier alpha value is -2.01. The summed E-state index contributed by atoms with van der Waals surface area (Å²) in [5.41, 5.74) is 6.76. The Labute approximate surface area is 259 Å². The molecule has 2 bridgehead atoms. The topological polar surface area (TPSA) is 74.1 Å². The summed E-state index contributed by atoms with van der Waals surface area (Å²) in [5.74, 6) is -0.268. The number of thiophene rings is 2. The van der Waals surface area contributed by atoms with Crippen molar-refractivity contribution in [2.75, 3.05) is 19.3 Å². The third-order valence-electron chi connectivity index (χ3n) is 10.4. The minimum Gasteiger partial charge on any atom is -0.459 e. The summed E-state index contributed by atoms with van der Waals surface area (Å²) in [7, 11) is 0.0103. The molecule has 9 heteroatoms. The van der Waals surface area contributed by atoms with Crippen molar-refractivity contribution in [3.63, 3.8) is 0 Å². The standard InChI is InChI=1S/C33H45N2O4S2Si/c1-32(2,3)42(5,6)39-33(27-11-8-18-40-27,28-12-9-19-41-28)31(36)37-24-20-25-29-30(38-29)26(21-24)35(25,4)17-7-10-22-13-15-23(34)16-14-22/h8-9,11-16,18-19,24-26,29-30H,7,10,17,20-21,34H2,1-6H3/q+1. The van der Waals surface area contributed by atoms with Gasteiger partial charge in [0.05, 0.1) is 23.3 Å². The fraction of sp³-hybridized carbons (Fsp3) is 0.545. The third-order valence-corrected chi connectivity index (χ3v) is 16.8. The highest BCUT2D eigenvalue weighted by Crippen LogP contribution is 2.54. The van der Waals surface area contributed by atoms with E-state index in [0.717, 1.165) is 52.2 Å². The summed E-state index contributed by atoms with van der Waals surface area (Å²) in [6.45, 7) is 12.2. The number of carbonyl (C=O) groups excluding carboxylic acids is 1. The molecule has 0 amide bonds. The van der Waals surface area contributed by atoms with E-state index < -0.39 is 13.9 Å². The van der Waals surface area contributed by atoms with Crippen LogP contribution in [0.5, 0.6) is 0 Å². The number of quaternary nitrogens is 1. The summed E-state index contributed by atoms with van der Waals surface area (Å²) in [5, 5.41) is 3.99. The molecular weight excluding hydrogens is 581 g/mol. The number of nitrogen functional groups attached to an aromatic ring is 1. The van der Waals surface area contributed by atoms with Crippen molar-refractivity contribution in [2.45, 2.75) is 101 Å². The van der Waals surface area contributed by atoms with Gasteiger partial charge in [0.15, 0.2) is 8.32 Å². The van der Waals surface area contributed by atoms with Crippen LogP contribution in [-0.2, 0) is 30.7 Å². The van der Waals surface area contributed by atoms with Gasteiger partial charge in [0, 0.05) is 24.9 Å². The Morgan fingerprint density at radius 3 is 2.07 bits per heavy atom. The van der Waals surface area contributed by atoms with Crippen LogP contribution >= 0.6 is 22.7 Å². The number of rotatable bonds is 10. The van der Waals surface area contributed by atoms with E-state index in [-0.39, 0.29) is 29.3 Å². The number of epoxide rings is 1. The van der Waals surface area contributed by atoms with Crippen LogP contribution in [-0.4, -0.2) is 62.8 Å². The monoisotopic (exact) mass is 625 g/mol. The molecule has 6 nitrogen and oxygen atoms in total. The number of anilines is 1. The van der Waals surface area contributed by atoms with E-state index in [1.54, 1.807) is 22.7 Å². The average molecular weight is 626 g/mol. The molecule has 5 heterocycles. The molecule has 3 aliphatic rings. The summed E-state index contributed by atoms with van der Waals surface area (Å²) in [6, 6.07) is 17.0. The molecule has 4 unspecified atom stereocenters. The first-order valence-corrected chi connectivity index (χ1v) is 19.9. The van der Waals surface area contributed by atoms with Crippen LogP contribution < -0.4 is 5.73 Å². The normalized spacial score (nSPS) is 28.9. The zero-order valence-corrected chi connectivity index (χ0v) is 28.3. The van der Waals surface area contributed by atoms with Gasteiger partial charge in [-0.25, -0.2) is 4.79 Å². The summed E-state index contributed by atoms with van der Waals surface area (Å²) >= 11 is 3.14. The van der Waals surface area contributed by atoms with Gasteiger partial charge in [-0.15, -0.1) is 22.7 Å². The lowest BCUT2D eigenvalue weighted by molar-refractivity contribution is -0.956. The molecule has 0 radical (unpaired) electrons. The molecule has 2 N–H and O–H groups in total. The maximum atomic E-state index is 14.6. The van der Waals surface area contributed by atoms with Crippen molar-refractivity contribution in [2.24, 2.45) is 0 Å². The van der Waals surface area contributed by atoms with E-state index in [9.17, 15) is 4.79 Å². The number of fused-ring (bicyclic) bond motifs is 5. The Bertz CT molecular complexity index is 1330. The van der Waals surface area contributed by atoms with E-state index >= 15 is 0 Å². The second-order valence-electron chi connectivity index (χ2n) is 14.1. The van der Waals surface area contributed by atoms with Gasteiger partial charge in [-0.2, -0.15) is 0 Å². The Kier molecular flexibility index (Phi) is 7.76. The summed E-state index contributed by atoms with van der Waals surface area (Å²) in [6.07, 6.45) is 4.22. The van der Waals surface area contributed by atoms with Crippen LogP contribution in [0.3, 0.4) is 0 Å². The van der Waals surface area contributed by atoms with Crippen molar-refractivity contribution in [3.8, 4) is 0 Å². The number of esters is 1. The number of hydrogen-bond acceptors (Lipinski definition) is 7. The van der Waals surface area contributed by atoms with Crippen molar-refractivity contribution in [1.29, 1.82) is 0 Å². The van der Waals surface area contributed by atoms with E-state index in [4.69, 9.17) is 19.6 Å². The zero-order valence-electron chi connectivity index (χ0n) is 25.7. The Morgan fingerprint density at radius 2 is 1.57 bits per heavy atom. The van der Waals surface area contributed by atoms with Crippen LogP contribution in [0.15, 0.2) is 59.3 Å². The fourth-order valence-electron chi connectivity index (χ4n) is 6.99. The number of aryl methyl sites for hydroxylation is 1. The second-order valence-corrected chi connectivity index (χ2v) is 20.7. The number of morpholine rings is 1. The first-order valence-electron chi connectivity index (χ1n) is 15.2. The van der Waals surface area contributed by atoms with E-state index in [0.29, 0.717) is 12.1 Å². The quantitative estimate of drug-likeness (QED) is 0.0867. The maximum absolute atomic E-state index is 14.6. The minimum absolute atomic E-state index is 0.0682. The van der Waals surface area contributed by atoms with Gasteiger partial charge in [0.1, 0.15) is 30.4 Å². The van der Waals surface area contributed by atoms with Gasteiger partial charge in [0.2, 0.25) is 5.60 Å². The summed E-state index contributed by atoms with van der Waals surface area (Å²) < 4.78 is 20.9. The lowest BCUT2D eigenvalue weighted by Gasteiger charge is -2.49. The van der Waals surface area contributed by atoms with Crippen molar-refractivity contribution >= 4 is 42.6 Å². The van der Waals surface area contributed by atoms with Crippen molar-refractivity contribution < 1.29 is 23.2 Å². The number of benzene rings is 1. The highest BCUT2D eigenvalue weighted by Gasteiger charge is 2.72. The lowest BCUT2D eigenvalue weighted by atomic mass is 9.93. The van der Waals surface area contributed by atoms with Crippen LogP contribution in [0.1, 0.15) is 55.4 Å². The smallest absolute Gasteiger partial charge is 0.348 e. The van der Waals surface area contributed by atoms with Crippen LogP contribution in [0.2, 0.25) is 18.1 Å². The molecule has 0 spiro atoms. The van der Waals surface area contributed by atoms with E-state index in [1.165, 1.54) is 5.56 Å². The van der Waals surface area contributed by atoms with Crippen molar-refractivity contribution in [1.82, 2.24) is 0 Å². The first-order chi connectivity index (χ1) is 19.8. The highest BCUT2D eigenvalue weighted by molar-refractivity contribution is 7.12. The molecular formula is C33H45N2O4S2Si+. The number of hydrogen-bond donors (Lipinski definition) is 1. The maximum Gasteiger partial charge on any atom is 0.348 e. The van der Waals surface area contributed by atoms with Gasteiger partial charge in [-0.1, -0.05) is 45.0 Å². The van der Waals surface area contributed by atoms with Gasteiger partial charge >= 0.3 is 5.97 Å². The predicted octanol–water partition coefficient (Wildman–Crippen LogP) is 6.96. The van der Waals surface area contributed by atoms with Gasteiger partial charge < -0.3 is 24.1 Å². The molecule has 0 saturated carbocycles. The lowest BCUT2D eigenvalue weighted by Crippen LogP contribution is -2.63. The van der Waals surface area contributed by atoms with Crippen LogP contribution in [0.25, 0.3) is 0 Å². The Balaban J connectivity index is 1.22. The SMILES string of the molecule is CC(C)(C)[Si](C)(C)OC(C(=O)OC1CC2C3OC3C(C1)[N+]2(C)CCCc1ccc(N)cc1)(c1cccs1)c1cccs1. The second kappa shape index (κ2) is 10.9. The fourth-order valence-corrected chi connectivity index (χ4v) is 10.3. The highest BCUT2D eigenvalue weighted by atomic mass is 32.1. The summed E-state index contributed by atoms with van der Waals surface area (Å²) in [4.78, 5) is 16.4. The van der Waals surface area contributed by atoms with E-state index in [1.807, 2.05) is 47.2 Å². The molecule has 6 rings (SSSR count). The molecule has 4 atom stereocenters. The molecule has 1 aromatic carbocycles. The van der Waals surface area contributed by atoms with E-state index in [2.05, 4.69) is 53.0 Å². The molecule has 2 aromatic heterocycles.